The first-order chi connectivity index (χ1) is 13.4. The molecule has 0 amide bonds. The van der Waals surface area contributed by atoms with Crippen molar-refractivity contribution in [1.82, 2.24) is 13.8 Å². The minimum absolute atomic E-state index is 0.0692. The van der Waals surface area contributed by atoms with Crippen molar-refractivity contribution in [3.8, 4) is 0 Å². The molecule has 0 N–H and O–H groups in total. The SMILES string of the molecule is CN1CCN(Cc2cccc3c2ccn3S(=O)(=O)c2c(Cl)cccc2Cl)CC1. The van der Waals surface area contributed by atoms with Gasteiger partial charge >= 0.3 is 0 Å². The molecule has 3 aromatic rings. The molecule has 1 aliphatic rings. The average Bonchev–Trinajstić information content (AvgIpc) is 3.09. The van der Waals surface area contributed by atoms with Gasteiger partial charge in [0.15, 0.2) is 0 Å². The highest BCUT2D eigenvalue weighted by atomic mass is 35.5. The largest absolute Gasteiger partial charge is 0.304 e. The van der Waals surface area contributed by atoms with Crippen molar-refractivity contribution in [2.45, 2.75) is 11.4 Å². The fourth-order valence-electron chi connectivity index (χ4n) is 3.63. The zero-order valence-corrected chi connectivity index (χ0v) is 17.8. The molecule has 0 aliphatic carbocycles. The molecular weight excluding hydrogens is 417 g/mol. The Morgan fingerprint density at radius 3 is 2.25 bits per heavy atom. The van der Waals surface area contributed by atoms with Crippen LogP contribution in [0.5, 0.6) is 0 Å². The molecule has 0 unspecified atom stereocenters. The Balaban J connectivity index is 1.74. The van der Waals surface area contributed by atoms with E-state index in [9.17, 15) is 8.42 Å². The summed E-state index contributed by atoms with van der Waals surface area (Å²) in [4.78, 5) is 4.64. The summed E-state index contributed by atoms with van der Waals surface area (Å²) in [6.07, 6.45) is 1.58. The van der Waals surface area contributed by atoms with Gasteiger partial charge in [-0.05, 0) is 36.9 Å². The lowest BCUT2D eigenvalue weighted by Gasteiger charge is -2.32. The van der Waals surface area contributed by atoms with Gasteiger partial charge in [-0.25, -0.2) is 12.4 Å². The van der Waals surface area contributed by atoms with E-state index in [-0.39, 0.29) is 14.9 Å². The Labute approximate surface area is 175 Å². The van der Waals surface area contributed by atoms with E-state index in [2.05, 4.69) is 22.9 Å². The van der Waals surface area contributed by atoms with Gasteiger partial charge in [0.05, 0.1) is 15.6 Å². The van der Waals surface area contributed by atoms with Crippen LogP contribution in [0.3, 0.4) is 0 Å². The van der Waals surface area contributed by atoms with Crippen molar-refractivity contribution in [2.75, 3.05) is 33.2 Å². The van der Waals surface area contributed by atoms with Crippen molar-refractivity contribution >= 4 is 44.1 Å². The molecule has 1 fully saturated rings. The minimum Gasteiger partial charge on any atom is -0.304 e. The van der Waals surface area contributed by atoms with Crippen molar-refractivity contribution in [3.63, 3.8) is 0 Å². The molecule has 5 nitrogen and oxygen atoms in total. The quantitative estimate of drug-likeness (QED) is 0.619. The molecule has 28 heavy (non-hydrogen) atoms. The second kappa shape index (κ2) is 7.69. The molecule has 0 saturated carbocycles. The number of nitrogens with zero attached hydrogens (tertiary/aromatic N) is 3. The molecule has 0 spiro atoms. The Kier molecular flexibility index (Phi) is 5.42. The van der Waals surface area contributed by atoms with E-state index >= 15 is 0 Å². The number of piperazine rings is 1. The summed E-state index contributed by atoms with van der Waals surface area (Å²) in [6, 6.07) is 12.3. The van der Waals surface area contributed by atoms with Crippen LogP contribution in [0.15, 0.2) is 53.6 Å². The molecule has 1 aliphatic heterocycles. The van der Waals surface area contributed by atoms with Crippen LogP contribution in [0.1, 0.15) is 5.56 Å². The third-order valence-corrected chi connectivity index (χ3v) is 7.86. The Hall–Kier alpha value is -1.57. The lowest BCUT2D eigenvalue weighted by atomic mass is 10.1. The molecule has 8 heteroatoms. The Bertz CT molecular complexity index is 1100. The van der Waals surface area contributed by atoms with Crippen molar-refractivity contribution < 1.29 is 8.42 Å². The van der Waals surface area contributed by atoms with Crippen LogP contribution in [0.25, 0.3) is 10.9 Å². The summed E-state index contributed by atoms with van der Waals surface area (Å²) < 4.78 is 27.8. The highest BCUT2D eigenvalue weighted by Gasteiger charge is 2.25. The zero-order valence-electron chi connectivity index (χ0n) is 15.5. The molecule has 4 rings (SSSR count). The zero-order chi connectivity index (χ0) is 19.9. The maximum absolute atomic E-state index is 13.3. The van der Waals surface area contributed by atoms with E-state index in [0.717, 1.165) is 43.7 Å². The number of hydrogen-bond donors (Lipinski definition) is 0. The van der Waals surface area contributed by atoms with E-state index in [4.69, 9.17) is 23.2 Å². The summed E-state index contributed by atoms with van der Waals surface area (Å²) in [5, 5.41) is 1.15. The first-order valence-corrected chi connectivity index (χ1v) is 11.3. The highest BCUT2D eigenvalue weighted by molar-refractivity contribution is 7.90. The van der Waals surface area contributed by atoms with Crippen LogP contribution in [-0.4, -0.2) is 55.4 Å². The molecule has 148 valence electrons. The fourth-order valence-corrected chi connectivity index (χ4v) is 6.08. The molecule has 1 aromatic heterocycles. The summed E-state index contributed by atoms with van der Waals surface area (Å²) >= 11 is 12.3. The third-order valence-electron chi connectivity index (χ3n) is 5.21. The van der Waals surface area contributed by atoms with Gasteiger partial charge in [0.1, 0.15) is 4.90 Å². The van der Waals surface area contributed by atoms with E-state index in [0.29, 0.717) is 5.52 Å². The Morgan fingerprint density at radius 2 is 1.57 bits per heavy atom. The van der Waals surface area contributed by atoms with Crippen LogP contribution in [0, 0.1) is 0 Å². The number of hydrogen-bond acceptors (Lipinski definition) is 4. The van der Waals surface area contributed by atoms with Crippen LogP contribution in [-0.2, 0) is 16.6 Å². The van der Waals surface area contributed by atoms with Crippen molar-refractivity contribution in [2.24, 2.45) is 0 Å². The maximum Gasteiger partial charge on any atom is 0.271 e. The monoisotopic (exact) mass is 437 g/mol. The second-order valence-electron chi connectivity index (χ2n) is 7.10. The van der Waals surface area contributed by atoms with Gasteiger partial charge in [-0.2, -0.15) is 0 Å². The van der Waals surface area contributed by atoms with E-state index in [1.54, 1.807) is 12.3 Å². The summed E-state index contributed by atoms with van der Waals surface area (Å²) in [6.45, 7) is 4.87. The molecule has 2 heterocycles. The Morgan fingerprint density at radius 1 is 0.929 bits per heavy atom. The first-order valence-electron chi connectivity index (χ1n) is 9.07. The molecule has 2 aromatic carbocycles. The van der Waals surface area contributed by atoms with Crippen molar-refractivity contribution in [1.29, 1.82) is 0 Å². The second-order valence-corrected chi connectivity index (χ2v) is 9.66. The van der Waals surface area contributed by atoms with E-state index in [1.165, 1.54) is 16.1 Å². The normalized spacial score (nSPS) is 16.7. The summed E-state index contributed by atoms with van der Waals surface area (Å²) in [5.74, 6) is 0. The topological polar surface area (TPSA) is 45.5 Å². The van der Waals surface area contributed by atoms with Gasteiger partial charge in [0.25, 0.3) is 10.0 Å². The van der Waals surface area contributed by atoms with Gasteiger partial charge in [-0.15, -0.1) is 0 Å². The molecule has 0 radical (unpaired) electrons. The van der Waals surface area contributed by atoms with Gasteiger partial charge in [0.2, 0.25) is 0 Å². The molecule has 0 atom stereocenters. The standard InChI is InChI=1S/C20H21Cl2N3O2S/c1-23-10-12-24(13-11-23)14-15-4-2-7-19-16(15)8-9-25(19)28(26,27)20-17(21)5-3-6-18(20)22/h2-9H,10-14H2,1H3. The van der Waals surface area contributed by atoms with E-state index < -0.39 is 10.0 Å². The minimum atomic E-state index is -3.91. The molecule has 1 saturated heterocycles. The number of aromatic nitrogens is 1. The third kappa shape index (κ3) is 3.55. The average molecular weight is 438 g/mol. The van der Waals surface area contributed by atoms with Gasteiger partial charge < -0.3 is 4.90 Å². The maximum atomic E-state index is 13.3. The lowest BCUT2D eigenvalue weighted by molar-refractivity contribution is 0.148. The highest BCUT2D eigenvalue weighted by Crippen LogP contribution is 2.33. The number of benzene rings is 2. The number of fused-ring (bicyclic) bond motifs is 1. The number of rotatable bonds is 4. The molecular formula is C20H21Cl2N3O2S. The number of halogens is 2. The van der Waals surface area contributed by atoms with Crippen LogP contribution in [0.4, 0.5) is 0 Å². The molecule has 0 bridgehead atoms. The smallest absolute Gasteiger partial charge is 0.271 e. The van der Waals surface area contributed by atoms with Gasteiger partial charge in [0, 0.05) is 44.3 Å². The van der Waals surface area contributed by atoms with Gasteiger partial charge in [-0.1, -0.05) is 41.4 Å². The summed E-state index contributed by atoms with van der Waals surface area (Å²) in [7, 11) is -1.78. The summed E-state index contributed by atoms with van der Waals surface area (Å²) in [5.41, 5.74) is 1.74. The predicted octanol–water partition coefficient (Wildman–Crippen LogP) is 3.93. The van der Waals surface area contributed by atoms with Crippen LogP contribution in [0.2, 0.25) is 10.0 Å². The lowest BCUT2D eigenvalue weighted by Crippen LogP contribution is -2.43. The number of likely N-dealkylation sites (N-methyl/N-ethyl adjacent to an activating group) is 1. The first kappa shape index (κ1) is 19.7. The van der Waals surface area contributed by atoms with Crippen LogP contribution >= 0.6 is 23.2 Å². The van der Waals surface area contributed by atoms with Crippen LogP contribution < -0.4 is 0 Å². The fraction of sp³-hybridized carbons (Fsp3) is 0.300. The van der Waals surface area contributed by atoms with Gasteiger partial charge in [-0.3, -0.25) is 4.90 Å². The van der Waals surface area contributed by atoms with Crippen molar-refractivity contribution in [3.05, 3.63) is 64.3 Å². The predicted molar refractivity (Wildman–Crippen MR) is 114 cm³/mol. The van der Waals surface area contributed by atoms with E-state index in [1.807, 2.05) is 18.2 Å².